The minimum Gasteiger partial charge on any atom is -0.493 e. The third-order valence-corrected chi connectivity index (χ3v) is 8.22. The number of sulfone groups is 1. The molecule has 1 N–H and O–H groups in total. The summed E-state index contributed by atoms with van der Waals surface area (Å²) in [4.78, 5) is 11.9. The molecule has 1 aliphatic carbocycles. The molecule has 1 heterocycles. The molecule has 2 atom stereocenters. The molecular weight excluding hydrogens is 514 g/mol. The van der Waals surface area contributed by atoms with Crippen LogP contribution in [0.3, 0.4) is 0 Å². The van der Waals surface area contributed by atoms with Crippen LogP contribution in [0, 0.1) is 5.92 Å². The summed E-state index contributed by atoms with van der Waals surface area (Å²) in [5.41, 5.74) is 6.79. The van der Waals surface area contributed by atoms with E-state index in [1.54, 1.807) is 0 Å². The van der Waals surface area contributed by atoms with Crippen LogP contribution in [-0.4, -0.2) is 46.2 Å². The lowest BCUT2D eigenvalue weighted by Gasteiger charge is -2.14. The monoisotopic (exact) mass is 549 g/mol. The van der Waals surface area contributed by atoms with Crippen LogP contribution in [0.4, 0.5) is 5.69 Å². The Balaban J connectivity index is 1.22. The van der Waals surface area contributed by atoms with Crippen molar-refractivity contribution in [2.45, 2.75) is 38.6 Å². The number of ether oxygens (including phenoxy) is 3. The van der Waals surface area contributed by atoms with Crippen molar-refractivity contribution in [3.8, 4) is 22.6 Å². The summed E-state index contributed by atoms with van der Waals surface area (Å²) in [6.07, 6.45) is 3.37. The lowest BCUT2D eigenvalue weighted by molar-refractivity contribution is -0.144. The maximum atomic E-state index is 11.9. The van der Waals surface area contributed by atoms with Gasteiger partial charge in [-0.1, -0.05) is 24.3 Å². The van der Waals surface area contributed by atoms with Gasteiger partial charge in [-0.25, -0.2) is 8.42 Å². The Morgan fingerprint density at radius 3 is 2.64 bits per heavy atom. The second-order valence-electron chi connectivity index (χ2n) is 10.3. The number of hydrogen-bond acceptors (Lipinski definition) is 7. The molecular formula is C31H35NO6S. The Labute approximate surface area is 230 Å². The zero-order valence-electron chi connectivity index (χ0n) is 22.4. The van der Waals surface area contributed by atoms with Gasteiger partial charge in [0.2, 0.25) is 0 Å². The molecule has 7 nitrogen and oxygen atoms in total. The first-order valence-corrected chi connectivity index (χ1v) is 15.6. The van der Waals surface area contributed by atoms with Crippen LogP contribution in [0.25, 0.3) is 11.1 Å². The van der Waals surface area contributed by atoms with Gasteiger partial charge in [-0.3, -0.25) is 4.79 Å². The Hall–Kier alpha value is -3.52. The molecule has 0 amide bonds. The number of benzene rings is 3. The van der Waals surface area contributed by atoms with E-state index >= 15 is 0 Å². The zero-order valence-corrected chi connectivity index (χ0v) is 23.3. The minimum atomic E-state index is -2.99. The van der Waals surface area contributed by atoms with E-state index in [2.05, 4.69) is 47.8 Å². The van der Waals surface area contributed by atoms with E-state index in [4.69, 9.17) is 14.2 Å². The molecule has 0 bridgehead atoms. The van der Waals surface area contributed by atoms with Crippen LogP contribution in [0.2, 0.25) is 0 Å². The van der Waals surface area contributed by atoms with E-state index in [1.165, 1.54) is 17.4 Å². The molecule has 0 spiro atoms. The van der Waals surface area contributed by atoms with Gasteiger partial charge >= 0.3 is 5.97 Å². The predicted octanol–water partition coefficient (Wildman–Crippen LogP) is 5.38. The Morgan fingerprint density at radius 1 is 1.05 bits per heavy atom. The van der Waals surface area contributed by atoms with E-state index in [0.29, 0.717) is 38.5 Å². The van der Waals surface area contributed by atoms with Gasteiger partial charge in [0.05, 0.1) is 31.5 Å². The standard InChI is InChI=1S/C31H35NO6S/c1-3-36-31(33)29-19-28(29)22-7-9-24(10-8-22)32-20-21-5-6-23-13-15-38-30-18-25(11-12-26(30)27(23)17-21)37-14-4-16-39(2,34)35/h5-12,17-18,28-29,32H,3-4,13-16,19-20H2,1-2H3/t28-,29+/m1/s1. The molecule has 2 aliphatic rings. The molecule has 1 fully saturated rings. The van der Waals surface area contributed by atoms with Crippen LogP contribution in [0.5, 0.6) is 11.5 Å². The number of anilines is 1. The van der Waals surface area contributed by atoms with Gasteiger partial charge in [-0.2, -0.15) is 0 Å². The van der Waals surface area contributed by atoms with Crippen molar-refractivity contribution in [2.24, 2.45) is 5.92 Å². The summed E-state index contributed by atoms with van der Waals surface area (Å²) >= 11 is 0. The quantitative estimate of drug-likeness (QED) is 0.254. The number of esters is 1. The van der Waals surface area contributed by atoms with Crippen molar-refractivity contribution < 1.29 is 27.4 Å². The summed E-state index contributed by atoms with van der Waals surface area (Å²) in [6.45, 7) is 3.87. The molecule has 206 valence electrons. The smallest absolute Gasteiger partial charge is 0.309 e. The highest BCUT2D eigenvalue weighted by Gasteiger charge is 2.45. The molecule has 0 unspecified atom stereocenters. The number of rotatable bonds is 11. The average Bonchev–Trinajstić information content (AvgIpc) is 3.73. The lowest BCUT2D eigenvalue weighted by Crippen LogP contribution is -2.08. The first-order chi connectivity index (χ1) is 18.8. The Bertz CT molecular complexity index is 1430. The second kappa shape index (κ2) is 11.7. The summed E-state index contributed by atoms with van der Waals surface area (Å²) in [6, 6.07) is 20.7. The molecule has 5 rings (SSSR count). The van der Waals surface area contributed by atoms with E-state index in [9.17, 15) is 13.2 Å². The van der Waals surface area contributed by atoms with Crippen molar-refractivity contribution in [1.29, 1.82) is 0 Å². The number of carbonyl (C=O) groups is 1. The maximum absolute atomic E-state index is 11.9. The first-order valence-electron chi connectivity index (χ1n) is 13.5. The van der Waals surface area contributed by atoms with Gasteiger partial charge in [-0.05, 0) is 78.3 Å². The van der Waals surface area contributed by atoms with Gasteiger partial charge in [0.25, 0.3) is 0 Å². The lowest BCUT2D eigenvalue weighted by atomic mass is 9.95. The molecule has 0 saturated heterocycles. The Kier molecular flexibility index (Phi) is 8.12. The fourth-order valence-electron chi connectivity index (χ4n) is 5.04. The van der Waals surface area contributed by atoms with Gasteiger partial charge in [0.15, 0.2) is 0 Å². The summed E-state index contributed by atoms with van der Waals surface area (Å²) in [5.74, 6) is 1.73. The topological polar surface area (TPSA) is 90.9 Å². The molecule has 0 radical (unpaired) electrons. The number of nitrogens with one attached hydrogen (secondary N) is 1. The maximum Gasteiger partial charge on any atom is 0.309 e. The van der Waals surface area contributed by atoms with E-state index in [0.717, 1.165) is 41.0 Å². The number of hydrogen-bond donors (Lipinski definition) is 1. The SMILES string of the molecule is CCOC(=O)[C@H]1C[C@@H]1c1ccc(NCc2ccc3c(c2)-c2ccc(OCCCS(C)(=O)=O)cc2OCC3)cc1. The van der Waals surface area contributed by atoms with Gasteiger partial charge in [-0.15, -0.1) is 0 Å². The fourth-order valence-corrected chi connectivity index (χ4v) is 5.69. The highest BCUT2D eigenvalue weighted by molar-refractivity contribution is 7.90. The third kappa shape index (κ3) is 6.92. The van der Waals surface area contributed by atoms with E-state index in [1.807, 2.05) is 25.1 Å². The fraction of sp³-hybridized carbons (Fsp3) is 0.387. The Morgan fingerprint density at radius 2 is 1.87 bits per heavy atom. The van der Waals surface area contributed by atoms with Crippen molar-refractivity contribution in [2.75, 3.05) is 37.1 Å². The number of carbonyl (C=O) groups excluding carboxylic acids is 1. The summed E-state index contributed by atoms with van der Waals surface area (Å²) in [5, 5.41) is 3.51. The molecule has 39 heavy (non-hydrogen) atoms. The third-order valence-electron chi connectivity index (χ3n) is 7.19. The largest absolute Gasteiger partial charge is 0.493 e. The summed E-state index contributed by atoms with van der Waals surface area (Å²) in [7, 11) is -2.99. The molecule has 3 aromatic rings. The predicted molar refractivity (Wildman–Crippen MR) is 152 cm³/mol. The molecule has 8 heteroatoms. The average molecular weight is 550 g/mol. The van der Waals surface area contributed by atoms with Crippen molar-refractivity contribution in [3.63, 3.8) is 0 Å². The highest BCUT2D eigenvalue weighted by Crippen LogP contribution is 2.48. The molecule has 3 aromatic carbocycles. The molecule has 0 aromatic heterocycles. The van der Waals surface area contributed by atoms with Crippen molar-refractivity contribution >= 4 is 21.5 Å². The van der Waals surface area contributed by atoms with Crippen LogP contribution in [0.1, 0.15) is 42.4 Å². The van der Waals surface area contributed by atoms with Gasteiger partial charge < -0.3 is 19.5 Å². The van der Waals surface area contributed by atoms with Crippen LogP contribution in [-0.2, 0) is 32.3 Å². The van der Waals surface area contributed by atoms with Crippen LogP contribution in [0.15, 0.2) is 60.7 Å². The highest BCUT2D eigenvalue weighted by atomic mass is 32.2. The zero-order chi connectivity index (χ0) is 27.4. The van der Waals surface area contributed by atoms with E-state index in [-0.39, 0.29) is 23.6 Å². The second-order valence-corrected chi connectivity index (χ2v) is 12.5. The molecule has 1 aliphatic heterocycles. The number of fused-ring (bicyclic) bond motifs is 3. The first kappa shape index (κ1) is 27.1. The molecule has 1 saturated carbocycles. The van der Waals surface area contributed by atoms with E-state index < -0.39 is 9.84 Å². The van der Waals surface area contributed by atoms with Crippen LogP contribution >= 0.6 is 0 Å². The van der Waals surface area contributed by atoms with Gasteiger partial charge in [0.1, 0.15) is 21.3 Å². The minimum absolute atomic E-state index is 0.00212. The van der Waals surface area contributed by atoms with Crippen LogP contribution < -0.4 is 14.8 Å². The normalized spacial score (nSPS) is 17.7. The summed E-state index contributed by atoms with van der Waals surface area (Å²) < 4.78 is 39.7. The van der Waals surface area contributed by atoms with Gasteiger partial charge in [0, 0.05) is 36.5 Å². The van der Waals surface area contributed by atoms with Crippen molar-refractivity contribution in [3.05, 3.63) is 77.4 Å². The van der Waals surface area contributed by atoms with Crippen molar-refractivity contribution in [1.82, 2.24) is 0 Å².